The number of carbonyl (C=O) groups is 1. The third kappa shape index (κ3) is 5.03. The summed E-state index contributed by atoms with van der Waals surface area (Å²) >= 11 is 6.77. The summed E-state index contributed by atoms with van der Waals surface area (Å²) in [6.45, 7) is 2.99. The molecular formula is C26H23NO3S2. The van der Waals surface area contributed by atoms with E-state index in [0.717, 1.165) is 16.7 Å². The largest absolute Gasteiger partial charge is 0.493 e. The summed E-state index contributed by atoms with van der Waals surface area (Å²) < 4.78 is 12.1. The first-order valence-corrected chi connectivity index (χ1v) is 11.4. The van der Waals surface area contributed by atoms with E-state index in [1.807, 2.05) is 72.8 Å². The van der Waals surface area contributed by atoms with E-state index in [1.165, 1.54) is 17.3 Å². The Hall–Kier alpha value is -3.09. The van der Waals surface area contributed by atoms with Crippen molar-refractivity contribution in [3.05, 3.63) is 100.0 Å². The highest BCUT2D eigenvalue weighted by atomic mass is 32.2. The Morgan fingerprint density at radius 1 is 1.00 bits per heavy atom. The van der Waals surface area contributed by atoms with Crippen LogP contribution in [0, 0.1) is 6.92 Å². The van der Waals surface area contributed by atoms with E-state index in [9.17, 15) is 4.79 Å². The molecule has 0 radical (unpaired) electrons. The van der Waals surface area contributed by atoms with Crippen LogP contribution in [-0.2, 0) is 17.9 Å². The summed E-state index contributed by atoms with van der Waals surface area (Å²) in [5, 5.41) is 0. The van der Waals surface area contributed by atoms with Crippen molar-refractivity contribution in [2.24, 2.45) is 0 Å². The smallest absolute Gasteiger partial charge is 0.266 e. The first kappa shape index (κ1) is 22.1. The molecule has 1 aliphatic rings. The number of thiocarbonyl (C=S) groups is 1. The molecule has 1 saturated heterocycles. The number of carbonyl (C=O) groups excluding carboxylic acids is 1. The summed E-state index contributed by atoms with van der Waals surface area (Å²) in [6, 6.07) is 23.6. The summed E-state index contributed by atoms with van der Waals surface area (Å²) in [6.07, 6.45) is 1.85. The van der Waals surface area contributed by atoms with Crippen molar-refractivity contribution in [3.63, 3.8) is 0 Å². The molecule has 3 aromatic rings. The predicted octanol–water partition coefficient (Wildman–Crippen LogP) is 5.98. The number of methoxy groups -OCH3 is 1. The van der Waals surface area contributed by atoms with Crippen molar-refractivity contribution in [2.45, 2.75) is 20.1 Å². The molecule has 1 heterocycles. The molecule has 0 aliphatic carbocycles. The summed E-state index contributed by atoms with van der Waals surface area (Å²) in [5.41, 5.74) is 4.20. The second-order valence-corrected chi connectivity index (χ2v) is 9.05. The highest BCUT2D eigenvalue weighted by Crippen LogP contribution is 2.35. The Bertz CT molecular complexity index is 1170. The fourth-order valence-electron chi connectivity index (χ4n) is 3.37. The van der Waals surface area contributed by atoms with Crippen LogP contribution >= 0.6 is 24.0 Å². The van der Waals surface area contributed by atoms with Gasteiger partial charge in [0.1, 0.15) is 10.9 Å². The molecular weight excluding hydrogens is 438 g/mol. The predicted molar refractivity (Wildman–Crippen MR) is 134 cm³/mol. The van der Waals surface area contributed by atoms with Gasteiger partial charge in [0, 0.05) is 0 Å². The van der Waals surface area contributed by atoms with Crippen molar-refractivity contribution >= 4 is 40.3 Å². The average Bonchev–Trinajstić information content (AvgIpc) is 3.07. The van der Waals surface area contributed by atoms with Gasteiger partial charge in [-0.3, -0.25) is 9.69 Å². The molecule has 0 saturated carbocycles. The second-order valence-electron chi connectivity index (χ2n) is 7.38. The second kappa shape index (κ2) is 10.0. The monoisotopic (exact) mass is 461 g/mol. The molecule has 0 unspecified atom stereocenters. The van der Waals surface area contributed by atoms with Gasteiger partial charge in [0.2, 0.25) is 0 Å². The van der Waals surface area contributed by atoms with Gasteiger partial charge in [-0.05, 0) is 47.4 Å². The molecule has 6 heteroatoms. The summed E-state index contributed by atoms with van der Waals surface area (Å²) in [4.78, 5) is 15.2. The van der Waals surface area contributed by atoms with Gasteiger partial charge in [-0.25, -0.2) is 0 Å². The Morgan fingerprint density at radius 2 is 1.75 bits per heavy atom. The zero-order chi connectivity index (χ0) is 22.5. The Balaban J connectivity index is 1.49. The van der Waals surface area contributed by atoms with Crippen LogP contribution in [0.25, 0.3) is 6.08 Å². The van der Waals surface area contributed by atoms with Crippen molar-refractivity contribution in [3.8, 4) is 11.5 Å². The molecule has 0 atom stereocenters. The van der Waals surface area contributed by atoms with E-state index < -0.39 is 0 Å². The molecule has 1 amide bonds. The van der Waals surface area contributed by atoms with Gasteiger partial charge >= 0.3 is 0 Å². The molecule has 162 valence electrons. The lowest BCUT2D eigenvalue weighted by atomic mass is 10.1. The Morgan fingerprint density at radius 3 is 2.50 bits per heavy atom. The number of thioether (sulfide) groups is 1. The number of hydrogen-bond acceptors (Lipinski definition) is 5. The molecule has 1 fully saturated rings. The maximum atomic E-state index is 12.9. The first-order valence-electron chi connectivity index (χ1n) is 10.2. The molecule has 3 aromatic carbocycles. The average molecular weight is 462 g/mol. The normalized spacial score (nSPS) is 14.8. The number of ether oxygens (including phenoxy) is 2. The molecule has 0 spiro atoms. The van der Waals surface area contributed by atoms with Crippen LogP contribution in [0.5, 0.6) is 11.5 Å². The fraction of sp³-hybridized carbons (Fsp3) is 0.154. The number of nitrogens with zero attached hydrogens (tertiary/aromatic N) is 1. The van der Waals surface area contributed by atoms with Gasteiger partial charge in [-0.2, -0.15) is 0 Å². The number of rotatable bonds is 7. The minimum absolute atomic E-state index is 0.0808. The van der Waals surface area contributed by atoms with E-state index in [1.54, 1.807) is 12.0 Å². The molecule has 1 aliphatic heterocycles. The van der Waals surface area contributed by atoms with Crippen LogP contribution in [0.1, 0.15) is 22.3 Å². The highest BCUT2D eigenvalue weighted by Gasteiger charge is 2.32. The van der Waals surface area contributed by atoms with Crippen LogP contribution in [0.15, 0.2) is 77.7 Å². The SMILES string of the molecule is COc1cc(/C=C2/SC(=S)N(Cc3ccccc3)C2=O)ccc1OCc1ccccc1C. The van der Waals surface area contributed by atoms with Crippen molar-refractivity contribution < 1.29 is 14.3 Å². The zero-order valence-electron chi connectivity index (χ0n) is 17.9. The molecule has 4 rings (SSSR count). The standard InChI is InChI=1S/C26H23NO3S2/c1-18-8-6-7-11-21(18)17-30-22-13-12-20(14-23(22)29-2)15-24-25(28)27(26(31)32-24)16-19-9-4-3-5-10-19/h3-15H,16-17H2,1-2H3/b24-15+. The van der Waals surface area contributed by atoms with E-state index in [2.05, 4.69) is 13.0 Å². The summed E-state index contributed by atoms with van der Waals surface area (Å²) in [7, 11) is 1.61. The fourth-order valence-corrected chi connectivity index (χ4v) is 4.63. The lowest BCUT2D eigenvalue weighted by molar-refractivity contribution is -0.122. The van der Waals surface area contributed by atoms with Crippen molar-refractivity contribution in [1.29, 1.82) is 0 Å². The lowest BCUT2D eigenvalue weighted by Gasteiger charge is -2.14. The molecule has 0 bridgehead atoms. The third-order valence-electron chi connectivity index (χ3n) is 5.19. The van der Waals surface area contributed by atoms with Crippen LogP contribution in [0.4, 0.5) is 0 Å². The molecule has 0 aromatic heterocycles. The maximum Gasteiger partial charge on any atom is 0.266 e. The quantitative estimate of drug-likeness (QED) is 0.319. The van der Waals surface area contributed by atoms with E-state index in [0.29, 0.717) is 33.9 Å². The number of amides is 1. The van der Waals surface area contributed by atoms with Crippen LogP contribution in [-0.4, -0.2) is 22.2 Å². The summed E-state index contributed by atoms with van der Waals surface area (Å²) in [5.74, 6) is 1.19. The number of benzene rings is 3. The van der Waals surface area contributed by atoms with E-state index in [4.69, 9.17) is 21.7 Å². The molecule has 4 nitrogen and oxygen atoms in total. The van der Waals surface area contributed by atoms with E-state index >= 15 is 0 Å². The van der Waals surface area contributed by atoms with Crippen LogP contribution < -0.4 is 9.47 Å². The molecule has 0 N–H and O–H groups in total. The van der Waals surface area contributed by atoms with E-state index in [-0.39, 0.29) is 5.91 Å². The lowest BCUT2D eigenvalue weighted by Crippen LogP contribution is -2.27. The first-order chi connectivity index (χ1) is 15.5. The van der Waals surface area contributed by atoms with Crippen LogP contribution in [0.2, 0.25) is 0 Å². The van der Waals surface area contributed by atoms with Gasteiger partial charge < -0.3 is 9.47 Å². The Kier molecular flexibility index (Phi) is 6.93. The van der Waals surface area contributed by atoms with Gasteiger partial charge in [-0.1, -0.05) is 84.6 Å². The molecule has 32 heavy (non-hydrogen) atoms. The Labute approximate surface area is 197 Å². The number of hydrogen-bond donors (Lipinski definition) is 0. The van der Waals surface area contributed by atoms with Gasteiger partial charge in [0.05, 0.1) is 18.6 Å². The third-order valence-corrected chi connectivity index (χ3v) is 6.56. The zero-order valence-corrected chi connectivity index (χ0v) is 19.5. The van der Waals surface area contributed by atoms with Gasteiger partial charge in [0.15, 0.2) is 11.5 Å². The minimum atomic E-state index is -0.0808. The van der Waals surface area contributed by atoms with Crippen molar-refractivity contribution in [1.82, 2.24) is 4.90 Å². The highest BCUT2D eigenvalue weighted by molar-refractivity contribution is 8.26. The topological polar surface area (TPSA) is 38.8 Å². The minimum Gasteiger partial charge on any atom is -0.493 e. The van der Waals surface area contributed by atoms with Crippen LogP contribution in [0.3, 0.4) is 0 Å². The van der Waals surface area contributed by atoms with Gasteiger partial charge in [0.25, 0.3) is 5.91 Å². The maximum absolute atomic E-state index is 12.9. The number of aryl methyl sites for hydroxylation is 1. The van der Waals surface area contributed by atoms with Crippen molar-refractivity contribution in [2.75, 3.05) is 7.11 Å². The van der Waals surface area contributed by atoms with Gasteiger partial charge in [-0.15, -0.1) is 0 Å².